The molecule has 1 nitrogen and oxygen atoms in total. The van der Waals surface area contributed by atoms with Crippen LogP contribution in [0, 0.1) is 0 Å². The summed E-state index contributed by atoms with van der Waals surface area (Å²) in [6.45, 7) is 20.6. The van der Waals surface area contributed by atoms with Gasteiger partial charge in [0.2, 0.25) is 0 Å². The molecule has 1 aromatic heterocycles. The highest BCUT2D eigenvalue weighted by Crippen LogP contribution is 2.37. The lowest BCUT2D eigenvalue weighted by molar-refractivity contribution is 0.590. The van der Waals surface area contributed by atoms with Crippen LogP contribution in [-0.2, 0) is 16.2 Å². The summed E-state index contributed by atoms with van der Waals surface area (Å²) in [5.74, 6) is 0. The maximum absolute atomic E-state index is 2.43. The number of hydrogen-bond donors (Lipinski definition) is 0. The van der Waals surface area contributed by atoms with Crippen LogP contribution in [0.3, 0.4) is 0 Å². The second-order valence-electron chi connectivity index (χ2n) is 12.1. The molecule has 0 saturated heterocycles. The van der Waals surface area contributed by atoms with Crippen LogP contribution < -0.4 is 0 Å². The Hall–Kier alpha value is -2.54. The molecule has 0 unspecified atom stereocenters. The fourth-order valence-electron chi connectivity index (χ4n) is 4.34. The minimum atomic E-state index is 0.124. The smallest absolute Gasteiger partial charge is 0.0541 e. The lowest BCUT2D eigenvalue weighted by Crippen LogP contribution is -2.11. The van der Waals surface area contributed by atoms with E-state index in [4.69, 9.17) is 0 Å². The van der Waals surface area contributed by atoms with Gasteiger partial charge < -0.3 is 4.57 Å². The third-order valence-electron chi connectivity index (χ3n) is 6.49. The molecule has 0 aliphatic rings. The fourth-order valence-corrected chi connectivity index (χ4v) is 4.34. The summed E-state index contributed by atoms with van der Waals surface area (Å²) in [5, 5.41) is 2.68. The van der Waals surface area contributed by atoms with Crippen molar-refractivity contribution in [2.75, 3.05) is 0 Å². The van der Waals surface area contributed by atoms with Gasteiger partial charge >= 0.3 is 0 Å². The molecule has 0 aliphatic heterocycles. The van der Waals surface area contributed by atoms with Gasteiger partial charge in [0.15, 0.2) is 0 Å². The van der Waals surface area contributed by atoms with Gasteiger partial charge in [0.05, 0.1) is 11.0 Å². The molecule has 1 heterocycles. The van der Waals surface area contributed by atoms with E-state index in [1.54, 1.807) is 0 Å². The quantitative estimate of drug-likeness (QED) is 0.295. The SMILES string of the molecule is CC(C)(C)c1ccc(-n2c3ccc(C(C)(C)C)cc3c3cc(C(C)(C)C)ccc32)cc1. The molecule has 0 aliphatic carbocycles. The standard InChI is InChI=1S/C30H37N/c1-28(2,3)20-10-14-23(15-11-20)31-26-16-12-21(29(4,5)6)18-24(26)25-19-22(30(7,8)9)13-17-27(25)31/h10-19H,1-9H3. The van der Waals surface area contributed by atoms with E-state index < -0.39 is 0 Å². The molecular weight excluding hydrogens is 374 g/mol. The van der Waals surface area contributed by atoms with Gasteiger partial charge in [-0.05, 0) is 69.3 Å². The van der Waals surface area contributed by atoms with E-state index in [0.717, 1.165) is 0 Å². The van der Waals surface area contributed by atoms with Gasteiger partial charge in [-0.15, -0.1) is 0 Å². The zero-order valence-electron chi connectivity index (χ0n) is 20.7. The van der Waals surface area contributed by atoms with Crippen LogP contribution in [0.4, 0.5) is 0 Å². The number of aromatic nitrogens is 1. The molecule has 4 aromatic rings. The Morgan fingerprint density at radius 1 is 0.452 bits per heavy atom. The van der Waals surface area contributed by atoms with Crippen molar-refractivity contribution >= 4 is 21.8 Å². The Morgan fingerprint density at radius 3 is 1.16 bits per heavy atom. The zero-order chi connectivity index (χ0) is 22.8. The van der Waals surface area contributed by atoms with E-state index in [2.05, 4.69) is 128 Å². The molecule has 0 radical (unpaired) electrons. The Morgan fingerprint density at radius 2 is 0.806 bits per heavy atom. The second kappa shape index (κ2) is 6.99. The van der Waals surface area contributed by atoms with Gasteiger partial charge in [0.1, 0.15) is 0 Å². The number of nitrogens with zero attached hydrogens (tertiary/aromatic N) is 1. The van der Waals surface area contributed by atoms with Crippen molar-refractivity contribution in [3.63, 3.8) is 0 Å². The molecule has 0 saturated carbocycles. The largest absolute Gasteiger partial charge is 0.309 e. The summed E-state index contributed by atoms with van der Waals surface area (Å²) in [4.78, 5) is 0. The zero-order valence-corrected chi connectivity index (χ0v) is 20.7. The Bertz CT molecular complexity index is 1180. The summed E-state index contributed by atoms with van der Waals surface area (Å²) in [7, 11) is 0. The van der Waals surface area contributed by atoms with E-state index in [1.165, 1.54) is 44.2 Å². The molecular formula is C30H37N. The highest BCUT2D eigenvalue weighted by molar-refractivity contribution is 6.09. The molecule has 4 rings (SSSR count). The maximum Gasteiger partial charge on any atom is 0.0541 e. The number of rotatable bonds is 1. The lowest BCUT2D eigenvalue weighted by Gasteiger charge is -2.20. The number of fused-ring (bicyclic) bond motifs is 3. The van der Waals surface area contributed by atoms with Crippen molar-refractivity contribution in [1.82, 2.24) is 4.57 Å². The first-order valence-electron chi connectivity index (χ1n) is 11.5. The van der Waals surface area contributed by atoms with Crippen LogP contribution in [-0.4, -0.2) is 4.57 Å². The fraction of sp³-hybridized carbons (Fsp3) is 0.400. The summed E-state index contributed by atoms with van der Waals surface area (Å²) < 4.78 is 2.43. The van der Waals surface area contributed by atoms with Crippen molar-refractivity contribution in [3.05, 3.63) is 77.4 Å². The second-order valence-corrected chi connectivity index (χ2v) is 12.1. The van der Waals surface area contributed by atoms with Crippen LogP contribution in [0.25, 0.3) is 27.5 Å². The van der Waals surface area contributed by atoms with Crippen molar-refractivity contribution in [1.29, 1.82) is 0 Å². The van der Waals surface area contributed by atoms with Crippen molar-refractivity contribution < 1.29 is 0 Å². The van der Waals surface area contributed by atoms with Crippen LogP contribution >= 0.6 is 0 Å². The lowest BCUT2D eigenvalue weighted by atomic mass is 9.85. The van der Waals surface area contributed by atoms with Crippen LogP contribution in [0.15, 0.2) is 60.7 Å². The van der Waals surface area contributed by atoms with Crippen molar-refractivity contribution in [2.45, 2.75) is 78.6 Å². The summed E-state index contributed by atoms with van der Waals surface area (Å²) in [6.07, 6.45) is 0. The average Bonchev–Trinajstić information content (AvgIpc) is 2.99. The Balaban J connectivity index is 2.04. The van der Waals surface area contributed by atoms with Gasteiger partial charge in [0, 0.05) is 16.5 Å². The first-order chi connectivity index (χ1) is 14.3. The highest BCUT2D eigenvalue weighted by atomic mass is 15.0. The molecule has 31 heavy (non-hydrogen) atoms. The van der Waals surface area contributed by atoms with Gasteiger partial charge in [-0.1, -0.05) is 86.6 Å². The van der Waals surface area contributed by atoms with Crippen molar-refractivity contribution in [2.24, 2.45) is 0 Å². The van der Waals surface area contributed by atoms with Gasteiger partial charge in [0.25, 0.3) is 0 Å². The van der Waals surface area contributed by atoms with Gasteiger partial charge in [-0.25, -0.2) is 0 Å². The normalized spacial score (nSPS) is 13.3. The minimum absolute atomic E-state index is 0.124. The van der Waals surface area contributed by atoms with Gasteiger partial charge in [-0.3, -0.25) is 0 Å². The molecule has 1 heteroatoms. The molecule has 0 atom stereocenters. The van der Waals surface area contributed by atoms with E-state index in [9.17, 15) is 0 Å². The van der Waals surface area contributed by atoms with Crippen molar-refractivity contribution in [3.8, 4) is 5.69 Å². The molecule has 3 aromatic carbocycles. The predicted molar refractivity (Wildman–Crippen MR) is 137 cm³/mol. The first-order valence-corrected chi connectivity index (χ1v) is 11.5. The average molecular weight is 412 g/mol. The molecule has 0 N–H and O–H groups in total. The predicted octanol–water partition coefficient (Wildman–Crippen LogP) is 8.68. The highest BCUT2D eigenvalue weighted by Gasteiger charge is 2.21. The number of benzene rings is 3. The van der Waals surface area contributed by atoms with Crippen LogP contribution in [0.5, 0.6) is 0 Å². The van der Waals surface area contributed by atoms with Crippen LogP contribution in [0.1, 0.15) is 79.0 Å². The topological polar surface area (TPSA) is 4.93 Å². The molecule has 0 fully saturated rings. The Kier molecular flexibility index (Phi) is 4.89. The third-order valence-corrected chi connectivity index (χ3v) is 6.49. The monoisotopic (exact) mass is 411 g/mol. The first kappa shape index (κ1) is 21.7. The summed E-state index contributed by atoms with van der Waals surface area (Å²) in [5.41, 5.74) is 8.29. The maximum atomic E-state index is 2.43. The van der Waals surface area contributed by atoms with E-state index in [1.807, 2.05) is 0 Å². The van der Waals surface area contributed by atoms with E-state index >= 15 is 0 Å². The van der Waals surface area contributed by atoms with E-state index in [0.29, 0.717) is 0 Å². The summed E-state index contributed by atoms with van der Waals surface area (Å²) >= 11 is 0. The summed E-state index contributed by atoms with van der Waals surface area (Å²) in [6, 6.07) is 23.1. The minimum Gasteiger partial charge on any atom is -0.309 e. The number of hydrogen-bond acceptors (Lipinski definition) is 0. The molecule has 0 spiro atoms. The third kappa shape index (κ3) is 3.91. The van der Waals surface area contributed by atoms with Gasteiger partial charge in [-0.2, -0.15) is 0 Å². The Labute approximate surface area is 188 Å². The molecule has 162 valence electrons. The molecule has 0 bridgehead atoms. The molecule has 0 amide bonds. The van der Waals surface area contributed by atoms with E-state index in [-0.39, 0.29) is 16.2 Å². The van der Waals surface area contributed by atoms with Crippen LogP contribution in [0.2, 0.25) is 0 Å².